The Balaban J connectivity index is 2.04. The van der Waals surface area contributed by atoms with E-state index in [1.165, 1.54) is 11.3 Å². The number of benzene rings is 1. The molecule has 0 unspecified atom stereocenters. The molecule has 18 heavy (non-hydrogen) atoms. The Morgan fingerprint density at radius 1 is 1.28 bits per heavy atom. The fraction of sp³-hybridized carbons (Fsp3) is 0.0769. The minimum Gasteiger partial charge on any atom is -0.380 e. The molecular weight excluding hydrogens is 248 g/mol. The number of hydrogen-bond donors (Lipinski definition) is 1. The van der Waals surface area contributed by atoms with Crippen molar-refractivity contribution >= 4 is 23.1 Å². The van der Waals surface area contributed by atoms with E-state index in [9.17, 15) is 4.79 Å². The molecule has 1 aromatic carbocycles. The third kappa shape index (κ3) is 2.95. The first kappa shape index (κ1) is 12.3. The van der Waals surface area contributed by atoms with Gasteiger partial charge in [-0.3, -0.25) is 0 Å². The van der Waals surface area contributed by atoms with Crippen molar-refractivity contribution in [1.29, 1.82) is 0 Å². The lowest BCUT2D eigenvalue weighted by Crippen LogP contribution is -2.13. The van der Waals surface area contributed by atoms with Crippen LogP contribution >= 0.6 is 11.3 Å². The number of hydrogen-bond acceptors (Lipinski definition) is 4. The highest BCUT2D eigenvalue weighted by Crippen LogP contribution is 2.09. The van der Waals surface area contributed by atoms with Gasteiger partial charge in [0.05, 0.1) is 10.4 Å². The van der Waals surface area contributed by atoms with Crippen LogP contribution in [0.4, 0.5) is 0 Å². The number of thiophene rings is 1. The summed E-state index contributed by atoms with van der Waals surface area (Å²) in [5, 5.41) is 5.50. The molecule has 2 rings (SSSR count). The maximum atomic E-state index is 11.6. The van der Waals surface area contributed by atoms with Crippen LogP contribution in [0.3, 0.4) is 0 Å². The van der Waals surface area contributed by atoms with Crippen molar-refractivity contribution in [3.8, 4) is 0 Å². The molecule has 0 saturated heterocycles. The summed E-state index contributed by atoms with van der Waals surface area (Å²) in [6.45, 7) is 1.95. The van der Waals surface area contributed by atoms with E-state index in [-0.39, 0.29) is 5.84 Å². The van der Waals surface area contributed by atoms with E-state index in [2.05, 4.69) is 5.16 Å². The number of nitrogens with zero attached hydrogens (tertiary/aromatic N) is 1. The Morgan fingerprint density at radius 3 is 2.61 bits per heavy atom. The number of nitrogens with two attached hydrogens (primary N) is 1. The molecule has 0 aliphatic carbocycles. The van der Waals surface area contributed by atoms with E-state index in [1.807, 2.05) is 36.6 Å². The lowest BCUT2D eigenvalue weighted by atomic mass is 10.2. The molecule has 0 aliphatic rings. The highest BCUT2D eigenvalue weighted by atomic mass is 32.1. The van der Waals surface area contributed by atoms with Crippen molar-refractivity contribution in [1.82, 2.24) is 0 Å². The van der Waals surface area contributed by atoms with Crippen LogP contribution in [0, 0.1) is 6.92 Å². The summed E-state index contributed by atoms with van der Waals surface area (Å²) in [6.07, 6.45) is 0. The van der Waals surface area contributed by atoms with Gasteiger partial charge >= 0.3 is 5.97 Å². The molecule has 0 saturated carbocycles. The summed E-state index contributed by atoms with van der Waals surface area (Å²) in [6, 6.07) is 10.7. The number of oxime groups is 1. The number of carbonyl (C=O) groups excluding carboxylic acids is 1. The van der Waals surface area contributed by atoms with E-state index >= 15 is 0 Å². The zero-order valence-corrected chi connectivity index (χ0v) is 10.6. The zero-order chi connectivity index (χ0) is 13.0. The van der Waals surface area contributed by atoms with Crippen molar-refractivity contribution in [2.45, 2.75) is 6.92 Å². The second kappa shape index (κ2) is 5.46. The Hall–Kier alpha value is -2.14. The quantitative estimate of drug-likeness (QED) is 0.399. The summed E-state index contributed by atoms with van der Waals surface area (Å²) in [5.74, 6) is -0.319. The second-order valence-electron chi connectivity index (χ2n) is 3.70. The number of carbonyl (C=O) groups is 1. The van der Waals surface area contributed by atoms with Crippen molar-refractivity contribution in [3.63, 3.8) is 0 Å². The maximum absolute atomic E-state index is 11.6. The lowest BCUT2D eigenvalue weighted by Gasteiger charge is -1.99. The third-order valence-corrected chi connectivity index (χ3v) is 3.18. The van der Waals surface area contributed by atoms with Gasteiger partial charge in [-0.25, -0.2) is 4.79 Å². The minimum absolute atomic E-state index is 0.200. The van der Waals surface area contributed by atoms with Gasteiger partial charge in [0.25, 0.3) is 0 Å². The van der Waals surface area contributed by atoms with E-state index in [4.69, 9.17) is 10.6 Å². The normalized spacial score (nSPS) is 11.3. The van der Waals surface area contributed by atoms with Crippen molar-refractivity contribution in [3.05, 3.63) is 57.8 Å². The molecule has 4 nitrogen and oxygen atoms in total. The predicted molar refractivity (Wildman–Crippen MR) is 71.6 cm³/mol. The summed E-state index contributed by atoms with van der Waals surface area (Å²) in [5.41, 5.74) is 7.20. The Labute approximate surface area is 109 Å². The van der Waals surface area contributed by atoms with Crippen molar-refractivity contribution in [2.75, 3.05) is 0 Å². The van der Waals surface area contributed by atoms with Gasteiger partial charge in [0, 0.05) is 0 Å². The molecule has 1 heterocycles. The standard InChI is InChI=1S/C13H12N2O2S/c1-9-4-6-10(7-5-9)13(16)17-15-12(14)11-3-2-8-18-11/h2-8H,1H3,(H2,14,15). The van der Waals surface area contributed by atoms with Crippen LogP contribution in [0.25, 0.3) is 0 Å². The molecular formula is C13H12N2O2S. The average Bonchev–Trinajstić information content (AvgIpc) is 2.90. The first-order chi connectivity index (χ1) is 8.66. The Kier molecular flexibility index (Phi) is 3.74. The molecule has 5 heteroatoms. The highest BCUT2D eigenvalue weighted by Gasteiger charge is 2.07. The molecule has 92 valence electrons. The molecule has 1 aromatic heterocycles. The maximum Gasteiger partial charge on any atom is 0.365 e. The van der Waals surface area contributed by atoms with Crippen molar-refractivity contribution < 1.29 is 9.63 Å². The third-order valence-electron chi connectivity index (χ3n) is 2.29. The number of amidine groups is 1. The Morgan fingerprint density at radius 2 is 2.00 bits per heavy atom. The Bertz CT molecular complexity index is 559. The van der Waals surface area contributed by atoms with Gasteiger partial charge in [-0.1, -0.05) is 28.9 Å². The van der Waals surface area contributed by atoms with Crippen LogP contribution in [0.1, 0.15) is 20.8 Å². The number of aryl methyl sites for hydroxylation is 1. The topological polar surface area (TPSA) is 64.7 Å². The van der Waals surface area contributed by atoms with Crippen LogP contribution < -0.4 is 5.73 Å². The van der Waals surface area contributed by atoms with Crippen molar-refractivity contribution in [2.24, 2.45) is 10.9 Å². The lowest BCUT2D eigenvalue weighted by molar-refractivity contribution is 0.0516. The van der Waals surface area contributed by atoms with E-state index < -0.39 is 5.97 Å². The SMILES string of the molecule is Cc1ccc(C(=O)O/N=C(\N)c2cccs2)cc1. The highest BCUT2D eigenvalue weighted by molar-refractivity contribution is 7.12. The largest absolute Gasteiger partial charge is 0.380 e. The van der Waals surface area contributed by atoms with Gasteiger partial charge in [-0.05, 0) is 30.5 Å². The monoisotopic (exact) mass is 260 g/mol. The van der Waals surface area contributed by atoms with Gasteiger partial charge in [0.1, 0.15) is 0 Å². The van der Waals surface area contributed by atoms with E-state index in [1.54, 1.807) is 12.1 Å². The molecule has 2 aromatic rings. The minimum atomic E-state index is -0.519. The van der Waals surface area contributed by atoms with Gasteiger partial charge in [-0.15, -0.1) is 11.3 Å². The summed E-state index contributed by atoms with van der Waals surface area (Å²) in [4.78, 5) is 17.2. The molecule has 0 bridgehead atoms. The van der Waals surface area contributed by atoms with E-state index in [0.717, 1.165) is 10.4 Å². The first-order valence-corrected chi connectivity index (χ1v) is 6.20. The number of rotatable bonds is 3. The van der Waals surface area contributed by atoms with Crippen LogP contribution in [-0.4, -0.2) is 11.8 Å². The fourth-order valence-electron chi connectivity index (χ4n) is 1.30. The van der Waals surface area contributed by atoms with Gasteiger partial charge in [0.15, 0.2) is 5.84 Å². The van der Waals surface area contributed by atoms with Crippen LogP contribution in [-0.2, 0) is 4.84 Å². The first-order valence-electron chi connectivity index (χ1n) is 5.32. The second-order valence-corrected chi connectivity index (χ2v) is 4.65. The zero-order valence-electron chi connectivity index (χ0n) is 9.79. The molecule has 0 radical (unpaired) electrons. The molecule has 0 aliphatic heterocycles. The van der Waals surface area contributed by atoms with Gasteiger partial charge in [0.2, 0.25) is 0 Å². The predicted octanol–water partition coefficient (Wildman–Crippen LogP) is 2.53. The molecule has 0 fully saturated rings. The average molecular weight is 260 g/mol. The smallest absolute Gasteiger partial charge is 0.365 e. The van der Waals surface area contributed by atoms with Crippen LogP contribution in [0.2, 0.25) is 0 Å². The molecule has 0 atom stereocenters. The summed E-state index contributed by atoms with van der Waals surface area (Å²) < 4.78 is 0. The summed E-state index contributed by atoms with van der Waals surface area (Å²) in [7, 11) is 0. The fourth-order valence-corrected chi connectivity index (χ4v) is 1.92. The molecule has 0 amide bonds. The molecule has 2 N–H and O–H groups in total. The van der Waals surface area contributed by atoms with Crippen LogP contribution in [0.5, 0.6) is 0 Å². The molecule has 0 spiro atoms. The van der Waals surface area contributed by atoms with E-state index in [0.29, 0.717) is 5.56 Å². The summed E-state index contributed by atoms with van der Waals surface area (Å²) >= 11 is 1.43. The van der Waals surface area contributed by atoms with Gasteiger partial charge in [-0.2, -0.15) is 0 Å². The van der Waals surface area contributed by atoms with Crippen LogP contribution in [0.15, 0.2) is 46.9 Å². The van der Waals surface area contributed by atoms with Gasteiger partial charge < -0.3 is 10.6 Å².